The average molecular weight is 407 g/mol. The second-order valence-electron chi connectivity index (χ2n) is 7.51. The van der Waals surface area contributed by atoms with E-state index in [1.807, 2.05) is 6.07 Å². The molecule has 0 bridgehead atoms. The Morgan fingerprint density at radius 2 is 1.93 bits per heavy atom. The van der Waals surface area contributed by atoms with Crippen molar-refractivity contribution in [3.63, 3.8) is 0 Å². The van der Waals surface area contributed by atoms with Gasteiger partial charge in [-0.05, 0) is 56.8 Å². The molecule has 0 heterocycles. The monoisotopic (exact) mass is 406 g/mol. The molecular weight excluding hydrogens is 368 g/mol. The van der Waals surface area contributed by atoms with E-state index in [2.05, 4.69) is 39.7 Å². The first-order chi connectivity index (χ1) is 14.2. The number of aliphatic imine (C=N–C) groups is 1. The van der Waals surface area contributed by atoms with E-state index in [1.165, 1.54) is 12.8 Å². The third kappa shape index (κ3) is 8.50. The van der Waals surface area contributed by atoms with Gasteiger partial charge in [0.05, 0.1) is 13.2 Å². The summed E-state index contributed by atoms with van der Waals surface area (Å²) in [5.41, 5.74) is 1.14. The lowest BCUT2D eigenvalue weighted by Gasteiger charge is -2.19. The summed E-state index contributed by atoms with van der Waals surface area (Å²) in [7, 11) is 7.34. The van der Waals surface area contributed by atoms with Crippen LogP contribution >= 0.6 is 0 Å². The first kappa shape index (κ1) is 23.3. The Bertz CT molecular complexity index is 618. The molecule has 0 aliphatic heterocycles. The van der Waals surface area contributed by atoms with Crippen LogP contribution in [0.2, 0.25) is 0 Å². The fourth-order valence-electron chi connectivity index (χ4n) is 3.47. The normalized spacial score (nSPS) is 15.0. The molecule has 0 unspecified atom stereocenters. The SMILES string of the molecule is CN=C(NCCN(C)CCCOC)NCc1ccc(OC)c(OC2CCCC2)c1. The van der Waals surface area contributed by atoms with Crippen LogP contribution in [0, 0.1) is 0 Å². The maximum Gasteiger partial charge on any atom is 0.191 e. The number of likely N-dealkylation sites (N-methyl/N-ethyl adjacent to an activating group) is 1. The van der Waals surface area contributed by atoms with Crippen LogP contribution in [0.25, 0.3) is 0 Å². The van der Waals surface area contributed by atoms with E-state index < -0.39 is 0 Å². The van der Waals surface area contributed by atoms with Crippen molar-refractivity contribution in [3.8, 4) is 11.5 Å². The van der Waals surface area contributed by atoms with Crippen LogP contribution in [0.15, 0.2) is 23.2 Å². The van der Waals surface area contributed by atoms with E-state index in [0.29, 0.717) is 12.6 Å². The van der Waals surface area contributed by atoms with Crippen molar-refractivity contribution in [2.75, 3.05) is 54.6 Å². The molecule has 0 radical (unpaired) electrons. The topological polar surface area (TPSA) is 67.4 Å². The predicted molar refractivity (Wildman–Crippen MR) is 118 cm³/mol. The van der Waals surface area contributed by atoms with Crippen molar-refractivity contribution in [3.05, 3.63) is 23.8 Å². The van der Waals surface area contributed by atoms with Crippen LogP contribution in [0.5, 0.6) is 11.5 Å². The highest BCUT2D eigenvalue weighted by Gasteiger charge is 2.18. The molecule has 7 heteroatoms. The highest BCUT2D eigenvalue weighted by atomic mass is 16.5. The van der Waals surface area contributed by atoms with Crippen molar-refractivity contribution in [1.29, 1.82) is 0 Å². The van der Waals surface area contributed by atoms with Crippen molar-refractivity contribution in [1.82, 2.24) is 15.5 Å². The first-order valence-electron chi connectivity index (χ1n) is 10.6. The maximum atomic E-state index is 6.19. The molecule has 7 nitrogen and oxygen atoms in total. The predicted octanol–water partition coefficient (Wildman–Crippen LogP) is 2.65. The molecule has 2 rings (SSSR count). The van der Waals surface area contributed by atoms with Gasteiger partial charge in [0.1, 0.15) is 0 Å². The minimum atomic E-state index is 0.308. The van der Waals surface area contributed by atoms with Crippen LogP contribution in [0.4, 0.5) is 0 Å². The molecule has 0 saturated heterocycles. The van der Waals surface area contributed by atoms with Crippen LogP contribution in [-0.4, -0.2) is 71.5 Å². The van der Waals surface area contributed by atoms with Gasteiger partial charge in [-0.25, -0.2) is 0 Å². The lowest BCUT2D eigenvalue weighted by atomic mass is 10.2. The van der Waals surface area contributed by atoms with Gasteiger partial charge in [-0.1, -0.05) is 6.07 Å². The summed E-state index contributed by atoms with van der Waals surface area (Å²) in [5, 5.41) is 6.74. The van der Waals surface area contributed by atoms with Crippen molar-refractivity contribution < 1.29 is 14.2 Å². The summed E-state index contributed by atoms with van der Waals surface area (Å²) < 4.78 is 16.8. The van der Waals surface area contributed by atoms with Crippen molar-refractivity contribution >= 4 is 5.96 Å². The van der Waals surface area contributed by atoms with E-state index >= 15 is 0 Å². The second-order valence-corrected chi connectivity index (χ2v) is 7.51. The number of methoxy groups -OCH3 is 2. The smallest absolute Gasteiger partial charge is 0.191 e. The van der Waals surface area contributed by atoms with Gasteiger partial charge in [0.2, 0.25) is 0 Å². The number of rotatable bonds is 12. The van der Waals surface area contributed by atoms with E-state index in [0.717, 1.165) is 68.5 Å². The molecule has 1 aromatic rings. The fourth-order valence-corrected chi connectivity index (χ4v) is 3.47. The average Bonchev–Trinajstić information content (AvgIpc) is 3.24. The zero-order valence-electron chi connectivity index (χ0n) is 18.5. The van der Waals surface area contributed by atoms with Crippen molar-refractivity contribution in [2.24, 2.45) is 4.99 Å². The lowest BCUT2D eigenvalue weighted by molar-refractivity contribution is 0.180. The van der Waals surface area contributed by atoms with Gasteiger partial charge in [-0.15, -0.1) is 0 Å². The summed E-state index contributed by atoms with van der Waals surface area (Å²) in [6, 6.07) is 6.11. The Balaban J connectivity index is 1.79. The van der Waals surface area contributed by atoms with Gasteiger partial charge < -0.3 is 29.7 Å². The summed E-state index contributed by atoms with van der Waals surface area (Å²) in [6.07, 6.45) is 6.10. The molecule has 1 aliphatic carbocycles. The van der Waals surface area contributed by atoms with Gasteiger partial charge >= 0.3 is 0 Å². The fraction of sp³-hybridized carbons (Fsp3) is 0.682. The second kappa shape index (κ2) is 13.3. The van der Waals surface area contributed by atoms with Gasteiger partial charge in [0.25, 0.3) is 0 Å². The molecular formula is C22H38N4O3. The Labute approximate surface area is 175 Å². The minimum Gasteiger partial charge on any atom is -0.493 e. The zero-order valence-corrected chi connectivity index (χ0v) is 18.5. The molecule has 29 heavy (non-hydrogen) atoms. The Hall–Kier alpha value is -1.99. The standard InChI is InChI=1S/C22H38N4O3/c1-23-22(24-12-14-26(2)13-7-15-27-3)25-17-18-10-11-20(28-4)21(16-18)29-19-8-5-6-9-19/h10-11,16,19H,5-9,12-15,17H2,1-4H3,(H2,23,24,25). The minimum absolute atomic E-state index is 0.308. The number of hydrogen-bond acceptors (Lipinski definition) is 5. The number of nitrogens with zero attached hydrogens (tertiary/aromatic N) is 2. The van der Waals surface area contributed by atoms with E-state index in [1.54, 1.807) is 21.3 Å². The summed E-state index contributed by atoms with van der Waals surface area (Å²) in [6.45, 7) is 4.29. The third-order valence-corrected chi connectivity index (χ3v) is 5.18. The molecule has 2 N–H and O–H groups in total. The van der Waals surface area contributed by atoms with Gasteiger partial charge in [0, 0.05) is 46.9 Å². The summed E-state index contributed by atoms with van der Waals surface area (Å²) in [5.74, 6) is 2.42. The number of benzene rings is 1. The Morgan fingerprint density at radius 3 is 2.62 bits per heavy atom. The molecule has 0 aromatic heterocycles. The van der Waals surface area contributed by atoms with Gasteiger partial charge in [-0.2, -0.15) is 0 Å². The van der Waals surface area contributed by atoms with Crippen molar-refractivity contribution in [2.45, 2.75) is 44.8 Å². The number of guanidine groups is 1. The lowest BCUT2D eigenvalue weighted by Crippen LogP contribution is -2.40. The van der Waals surface area contributed by atoms with Gasteiger partial charge in [-0.3, -0.25) is 4.99 Å². The number of nitrogens with one attached hydrogen (secondary N) is 2. The molecule has 1 fully saturated rings. The molecule has 164 valence electrons. The first-order valence-corrected chi connectivity index (χ1v) is 10.6. The number of hydrogen-bond donors (Lipinski definition) is 2. The van der Waals surface area contributed by atoms with E-state index in [4.69, 9.17) is 14.2 Å². The zero-order chi connectivity index (χ0) is 20.9. The van der Waals surface area contributed by atoms with Crippen LogP contribution in [0.1, 0.15) is 37.7 Å². The third-order valence-electron chi connectivity index (χ3n) is 5.18. The van der Waals surface area contributed by atoms with Gasteiger partial charge in [0.15, 0.2) is 17.5 Å². The van der Waals surface area contributed by atoms with Crippen LogP contribution in [-0.2, 0) is 11.3 Å². The van der Waals surface area contributed by atoms with E-state index in [-0.39, 0.29) is 0 Å². The Kier molecular flexibility index (Phi) is 10.7. The quantitative estimate of drug-likeness (QED) is 0.316. The number of ether oxygens (including phenoxy) is 3. The van der Waals surface area contributed by atoms with E-state index in [9.17, 15) is 0 Å². The molecule has 1 aromatic carbocycles. The Morgan fingerprint density at radius 1 is 1.14 bits per heavy atom. The molecule has 1 saturated carbocycles. The highest BCUT2D eigenvalue weighted by Crippen LogP contribution is 2.32. The highest BCUT2D eigenvalue weighted by molar-refractivity contribution is 5.79. The molecule has 1 aliphatic rings. The molecule has 0 atom stereocenters. The summed E-state index contributed by atoms with van der Waals surface area (Å²) >= 11 is 0. The van der Waals surface area contributed by atoms with Crippen LogP contribution in [0.3, 0.4) is 0 Å². The molecule has 0 amide bonds. The largest absolute Gasteiger partial charge is 0.493 e. The summed E-state index contributed by atoms with van der Waals surface area (Å²) in [4.78, 5) is 6.60. The van der Waals surface area contributed by atoms with Crippen LogP contribution < -0.4 is 20.1 Å². The maximum absolute atomic E-state index is 6.19. The molecule has 0 spiro atoms.